The molecule has 0 N–H and O–H groups in total. The molecule has 0 aliphatic carbocycles. The average molecular weight is 325 g/mol. The van der Waals surface area contributed by atoms with Crippen LogP contribution in [0.2, 0.25) is 10.0 Å². The van der Waals surface area contributed by atoms with Gasteiger partial charge in [-0.25, -0.2) is 0 Å². The molecular weight excluding hydrogens is 311 g/mol. The molecule has 0 bridgehead atoms. The first-order valence-corrected chi connectivity index (χ1v) is 6.98. The minimum absolute atomic E-state index is 0.418. The van der Waals surface area contributed by atoms with E-state index in [1.54, 1.807) is 44.6 Å². The highest BCUT2D eigenvalue weighted by molar-refractivity contribution is 6.42. The topological polar surface area (TPSA) is 35.5 Å². The number of carbonyl (C=O) groups excluding carboxylic acids is 1. The molecule has 0 radical (unpaired) electrons. The molecule has 2 aromatic carbocycles. The zero-order chi connectivity index (χ0) is 15.4. The highest BCUT2D eigenvalue weighted by Gasteiger charge is 2.17. The van der Waals surface area contributed by atoms with Crippen LogP contribution in [0, 0.1) is 0 Å². The summed E-state index contributed by atoms with van der Waals surface area (Å²) in [5.41, 5.74) is 1.56. The van der Waals surface area contributed by atoms with Crippen molar-refractivity contribution in [3.63, 3.8) is 0 Å². The number of benzene rings is 2. The number of halogens is 2. The molecule has 2 rings (SSSR count). The summed E-state index contributed by atoms with van der Waals surface area (Å²) in [7, 11) is 3.12. The third-order valence-electron chi connectivity index (χ3n) is 3.21. The third-order valence-corrected chi connectivity index (χ3v) is 3.94. The summed E-state index contributed by atoms with van der Waals surface area (Å²) in [6.07, 6.45) is 0.862. The molecule has 3 nitrogen and oxygen atoms in total. The molecule has 5 heteroatoms. The van der Waals surface area contributed by atoms with Crippen molar-refractivity contribution in [2.24, 2.45) is 0 Å². The molecule has 0 aliphatic heterocycles. The van der Waals surface area contributed by atoms with Gasteiger partial charge in [0.05, 0.1) is 30.2 Å². The monoisotopic (exact) mass is 324 g/mol. The van der Waals surface area contributed by atoms with E-state index in [1.807, 2.05) is 6.07 Å². The van der Waals surface area contributed by atoms with Gasteiger partial charge in [0, 0.05) is 0 Å². The Labute approximate surface area is 133 Å². The van der Waals surface area contributed by atoms with Crippen molar-refractivity contribution in [2.45, 2.75) is 5.92 Å². The lowest BCUT2D eigenvalue weighted by atomic mass is 9.92. The average Bonchev–Trinajstić information content (AvgIpc) is 2.51. The Morgan fingerprint density at radius 2 is 1.52 bits per heavy atom. The van der Waals surface area contributed by atoms with Crippen molar-refractivity contribution in [1.82, 2.24) is 0 Å². The number of aldehydes is 1. The normalized spacial score (nSPS) is 11.8. The second-order valence-electron chi connectivity index (χ2n) is 4.40. The minimum Gasteiger partial charge on any atom is -0.493 e. The molecule has 1 atom stereocenters. The first-order chi connectivity index (χ1) is 10.1. The maximum Gasteiger partial charge on any atom is 0.161 e. The second-order valence-corrected chi connectivity index (χ2v) is 5.22. The van der Waals surface area contributed by atoms with Gasteiger partial charge < -0.3 is 14.3 Å². The maximum absolute atomic E-state index is 11.5. The lowest BCUT2D eigenvalue weighted by Crippen LogP contribution is -2.03. The molecular formula is C16H14Cl2O3. The quantitative estimate of drug-likeness (QED) is 0.767. The number of carbonyl (C=O) groups is 1. The SMILES string of the molecule is COc1ccc(C(C=O)c2ccc(Cl)c(Cl)c2)cc1OC. The van der Waals surface area contributed by atoms with Gasteiger partial charge in [-0.3, -0.25) is 0 Å². The standard InChI is InChI=1S/C16H14Cl2O3/c1-20-15-6-4-11(8-16(15)21-2)12(9-19)10-3-5-13(17)14(18)7-10/h3-9,12H,1-2H3. The maximum atomic E-state index is 11.5. The summed E-state index contributed by atoms with van der Waals surface area (Å²) < 4.78 is 10.5. The van der Waals surface area contributed by atoms with Gasteiger partial charge in [0.15, 0.2) is 11.5 Å². The zero-order valence-electron chi connectivity index (χ0n) is 11.6. The van der Waals surface area contributed by atoms with E-state index in [-0.39, 0.29) is 0 Å². The Morgan fingerprint density at radius 3 is 2.10 bits per heavy atom. The number of hydrogen-bond donors (Lipinski definition) is 0. The lowest BCUT2D eigenvalue weighted by molar-refractivity contribution is -0.108. The van der Waals surface area contributed by atoms with Gasteiger partial charge >= 0.3 is 0 Å². The lowest BCUT2D eigenvalue weighted by Gasteiger charge is -2.15. The molecule has 110 valence electrons. The van der Waals surface area contributed by atoms with Crippen molar-refractivity contribution < 1.29 is 14.3 Å². The van der Waals surface area contributed by atoms with E-state index in [0.717, 1.165) is 17.4 Å². The summed E-state index contributed by atoms with van der Waals surface area (Å²) in [5.74, 6) is 0.738. The smallest absolute Gasteiger partial charge is 0.161 e. The zero-order valence-corrected chi connectivity index (χ0v) is 13.1. The molecule has 0 aromatic heterocycles. The van der Waals surface area contributed by atoms with Gasteiger partial charge in [0.1, 0.15) is 6.29 Å². The Kier molecular flexibility index (Phi) is 5.10. The minimum atomic E-state index is -0.445. The van der Waals surface area contributed by atoms with Gasteiger partial charge in [-0.05, 0) is 35.4 Å². The van der Waals surface area contributed by atoms with E-state index in [9.17, 15) is 4.79 Å². The molecule has 1 unspecified atom stereocenters. The van der Waals surface area contributed by atoms with Crippen LogP contribution >= 0.6 is 23.2 Å². The van der Waals surface area contributed by atoms with Crippen LogP contribution in [-0.2, 0) is 4.79 Å². The highest BCUT2D eigenvalue weighted by atomic mass is 35.5. The van der Waals surface area contributed by atoms with Crippen molar-refractivity contribution in [1.29, 1.82) is 0 Å². The summed E-state index contributed by atoms with van der Waals surface area (Å²) in [5, 5.41) is 0.874. The molecule has 0 heterocycles. The highest BCUT2D eigenvalue weighted by Crippen LogP contribution is 2.34. The van der Waals surface area contributed by atoms with Crippen LogP contribution in [0.25, 0.3) is 0 Å². The predicted octanol–water partition coefficient (Wildman–Crippen LogP) is 4.34. The van der Waals surface area contributed by atoms with Crippen LogP contribution in [0.1, 0.15) is 17.0 Å². The Hall–Kier alpha value is -1.71. The molecule has 0 saturated heterocycles. The molecule has 21 heavy (non-hydrogen) atoms. The van der Waals surface area contributed by atoms with Crippen LogP contribution in [0.5, 0.6) is 11.5 Å². The number of ether oxygens (including phenoxy) is 2. The van der Waals surface area contributed by atoms with E-state index in [4.69, 9.17) is 32.7 Å². The molecule has 0 aliphatic rings. The van der Waals surface area contributed by atoms with Gasteiger partial charge in [-0.15, -0.1) is 0 Å². The van der Waals surface area contributed by atoms with E-state index < -0.39 is 5.92 Å². The number of rotatable bonds is 5. The van der Waals surface area contributed by atoms with E-state index >= 15 is 0 Å². The van der Waals surface area contributed by atoms with Gasteiger partial charge in [-0.2, -0.15) is 0 Å². The Bertz CT molecular complexity index is 656. The fourth-order valence-corrected chi connectivity index (χ4v) is 2.41. The van der Waals surface area contributed by atoms with Gasteiger partial charge in [0.2, 0.25) is 0 Å². The van der Waals surface area contributed by atoms with Crippen LogP contribution < -0.4 is 9.47 Å². The first kappa shape index (κ1) is 15.7. The fourth-order valence-electron chi connectivity index (χ4n) is 2.10. The molecule has 2 aromatic rings. The van der Waals surface area contributed by atoms with Crippen molar-refractivity contribution in [3.8, 4) is 11.5 Å². The van der Waals surface area contributed by atoms with E-state index in [0.29, 0.717) is 21.5 Å². The summed E-state index contributed by atoms with van der Waals surface area (Å²) in [6.45, 7) is 0. The van der Waals surface area contributed by atoms with Crippen LogP contribution in [0.15, 0.2) is 36.4 Å². The second kappa shape index (κ2) is 6.83. The third kappa shape index (κ3) is 3.31. The Morgan fingerprint density at radius 1 is 0.905 bits per heavy atom. The summed E-state index contributed by atoms with van der Waals surface area (Å²) in [6, 6.07) is 10.5. The van der Waals surface area contributed by atoms with Crippen LogP contribution in [0.4, 0.5) is 0 Å². The fraction of sp³-hybridized carbons (Fsp3) is 0.188. The molecule has 0 fully saturated rings. The molecule has 0 saturated carbocycles. The van der Waals surface area contributed by atoms with Crippen molar-refractivity contribution in [3.05, 3.63) is 57.6 Å². The Balaban J connectivity index is 2.45. The van der Waals surface area contributed by atoms with E-state index in [2.05, 4.69) is 0 Å². The number of methoxy groups -OCH3 is 2. The van der Waals surface area contributed by atoms with Crippen molar-refractivity contribution in [2.75, 3.05) is 14.2 Å². The van der Waals surface area contributed by atoms with Gasteiger partial charge in [-0.1, -0.05) is 35.3 Å². The number of hydrogen-bond acceptors (Lipinski definition) is 3. The van der Waals surface area contributed by atoms with Crippen LogP contribution in [-0.4, -0.2) is 20.5 Å². The predicted molar refractivity (Wildman–Crippen MR) is 83.9 cm³/mol. The molecule has 0 spiro atoms. The first-order valence-electron chi connectivity index (χ1n) is 6.23. The van der Waals surface area contributed by atoms with Crippen molar-refractivity contribution >= 4 is 29.5 Å². The molecule has 0 amide bonds. The van der Waals surface area contributed by atoms with E-state index in [1.165, 1.54) is 0 Å². The van der Waals surface area contributed by atoms with Crippen LogP contribution in [0.3, 0.4) is 0 Å². The largest absolute Gasteiger partial charge is 0.493 e. The summed E-state index contributed by atoms with van der Waals surface area (Å²) >= 11 is 11.9. The van der Waals surface area contributed by atoms with Gasteiger partial charge in [0.25, 0.3) is 0 Å². The summed E-state index contributed by atoms with van der Waals surface area (Å²) in [4.78, 5) is 11.5.